The zero-order valence-corrected chi connectivity index (χ0v) is 17.0. The molecule has 0 aliphatic carbocycles. The Kier molecular flexibility index (Phi) is 7.58. The molecule has 0 aliphatic rings. The van der Waals surface area contributed by atoms with Crippen LogP contribution in [0.5, 0.6) is 11.5 Å². The lowest BCUT2D eigenvalue weighted by Gasteiger charge is -2.13. The van der Waals surface area contributed by atoms with Crippen LogP contribution in [0.15, 0.2) is 22.7 Å². The minimum absolute atomic E-state index is 0.146. The molecule has 2 rings (SSSR count). The molecular formula is C18H22BrF2N3O3. The SMILES string of the molecule is CCOc1ccc(CNC(=O)Cn2nc(C(F)F)c(Br)c2C)cc1OCC. The van der Waals surface area contributed by atoms with Crippen molar-refractivity contribution < 1.29 is 23.0 Å². The first-order chi connectivity index (χ1) is 12.9. The van der Waals surface area contributed by atoms with Gasteiger partial charge in [0.25, 0.3) is 6.43 Å². The van der Waals surface area contributed by atoms with E-state index in [0.717, 1.165) is 5.56 Å². The second-order valence-electron chi connectivity index (χ2n) is 5.67. The largest absolute Gasteiger partial charge is 0.490 e. The fourth-order valence-corrected chi connectivity index (χ4v) is 2.90. The number of carbonyl (C=O) groups is 1. The highest BCUT2D eigenvalue weighted by atomic mass is 79.9. The summed E-state index contributed by atoms with van der Waals surface area (Å²) in [6.45, 7) is 6.53. The predicted molar refractivity (Wildman–Crippen MR) is 100 cm³/mol. The maximum Gasteiger partial charge on any atom is 0.283 e. The number of amides is 1. The standard InChI is InChI=1S/C18H22BrF2N3O3/c1-4-26-13-7-6-12(8-14(13)27-5-2)9-22-15(25)10-24-11(3)16(19)17(23-24)18(20)21/h6-8,18H,4-5,9-10H2,1-3H3,(H,22,25). The number of hydrogen-bond donors (Lipinski definition) is 1. The van der Waals surface area contributed by atoms with Gasteiger partial charge in [0.05, 0.1) is 23.4 Å². The van der Waals surface area contributed by atoms with E-state index in [0.29, 0.717) is 30.4 Å². The van der Waals surface area contributed by atoms with E-state index in [9.17, 15) is 13.6 Å². The van der Waals surface area contributed by atoms with Gasteiger partial charge in [-0.2, -0.15) is 5.10 Å². The van der Waals surface area contributed by atoms with Crippen molar-refractivity contribution in [1.29, 1.82) is 0 Å². The first-order valence-corrected chi connectivity index (χ1v) is 9.32. The Balaban J connectivity index is 2.01. The Morgan fingerprint density at radius 3 is 2.52 bits per heavy atom. The molecule has 148 valence electrons. The van der Waals surface area contributed by atoms with Crippen LogP contribution in [-0.4, -0.2) is 28.9 Å². The number of benzene rings is 1. The van der Waals surface area contributed by atoms with Gasteiger partial charge in [-0.3, -0.25) is 9.48 Å². The average molecular weight is 446 g/mol. The Morgan fingerprint density at radius 2 is 1.93 bits per heavy atom. The zero-order chi connectivity index (χ0) is 20.0. The highest BCUT2D eigenvalue weighted by Gasteiger charge is 2.21. The second kappa shape index (κ2) is 9.68. The molecule has 0 bridgehead atoms. The van der Waals surface area contributed by atoms with Gasteiger partial charge in [-0.1, -0.05) is 6.07 Å². The Hall–Kier alpha value is -2.16. The lowest BCUT2D eigenvalue weighted by molar-refractivity contribution is -0.122. The Bertz CT molecular complexity index is 796. The summed E-state index contributed by atoms with van der Waals surface area (Å²) in [5, 5.41) is 6.55. The van der Waals surface area contributed by atoms with Gasteiger partial charge >= 0.3 is 0 Å². The van der Waals surface area contributed by atoms with E-state index in [-0.39, 0.29) is 29.2 Å². The molecule has 9 heteroatoms. The van der Waals surface area contributed by atoms with Crippen molar-refractivity contribution in [2.45, 2.75) is 40.3 Å². The molecule has 27 heavy (non-hydrogen) atoms. The van der Waals surface area contributed by atoms with Crippen molar-refractivity contribution >= 4 is 21.8 Å². The lowest BCUT2D eigenvalue weighted by atomic mass is 10.2. The average Bonchev–Trinajstić information content (AvgIpc) is 2.91. The molecule has 0 spiro atoms. The van der Waals surface area contributed by atoms with Crippen LogP contribution < -0.4 is 14.8 Å². The second-order valence-corrected chi connectivity index (χ2v) is 6.46. The van der Waals surface area contributed by atoms with E-state index in [1.807, 2.05) is 19.9 Å². The van der Waals surface area contributed by atoms with Gasteiger partial charge in [-0.25, -0.2) is 8.78 Å². The van der Waals surface area contributed by atoms with E-state index < -0.39 is 6.43 Å². The molecule has 1 N–H and O–H groups in total. The third-order valence-corrected chi connectivity index (χ3v) is 4.74. The van der Waals surface area contributed by atoms with Crippen LogP contribution in [0.3, 0.4) is 0 Å². The predicted octanol–water partition coefficient (Wildman–Crippen LogP) is 4.01. The molecule has 1 aromatic carbocycles. The van der Waals surface area contributed by atoms with Crippen LogP contribution in [0, 0.1) is 6.92 Å². The molecule has 0 aliphatic heterocycles. The number of nitrogens with one attached hydrogen (secondary N) is 1. The number of aromatic nitrogens is 2. The van der Waals surface area contributed by atoms with Gasteiger partial charge < -0.3 is 14.8 Å². The lowest BCUT2D eigenvalue weighted by Crippen LogP contribution is -2.28. The third kappa shape index (κ3) is 5.41. The summed E-state index contributed by atoms with van der Waals surface area (Å²) in [4.78, 5) is 12.2. The molecular weight excluding hydrogens is 424 g/mol. The van der Waals surface area contributed by atoms with Crippen LogP contribution in [0.1, 0.15) is 37.2 Å². The summed E-state index contributed by atoms with van der Waals surface area (Å²) in [6.07, 6.45) is -2.71. The van der Waals surface area contributed by atoms with Gasteiger partial charge in [-0.15, -0.1) is 0 Å². The Labute approximate surface area is 165 Å². The molecule has 0 saturated carbocycles. The van der Waals surface area contributed by atoms with Crippen molar-refractivity contribution in [2.75, 3.05) is 13.2 Å². The first-order valence-electron chi connectivity index (χ1n) is 8.53. The number of hydrogen-bond acceptors (Lipinski definition) is 4. The van der Waals surface area contributed by atoms with Crippen molar-refractivity contribution in [1.82, 2.24) is 15.1 Å². The normalized spacial score (nSPS) is 10.9. The molecule has 2 aromatic rings. The van der Waals surface area contributed by atoms with Crippen LogP contribution in [0.2, 0.25) is 0 Å². The van der Waals surface area contributed by atoms with Crippen LogP contribution in [0.25, 0.3) is 0 Å². The van der Waals surface area contributed by atoms with Gasteiger partial charge in [0.2, 0.25) is 5.91 Å². The molecule has 1 aromatic heterocycles. The molecule has 0 fully saturated rings. The minimum atomic E-state index is -2.71. The summed E-state index contributed by atoms with van der Waals surface area (Å²) in [7, 11) is 0. The van der Waals surface area contributed by atoms with E-state index in [1.54, 1.807) is 19.1 Å². The maximum atomic E-state index is 12.9. The third-order valence-electron chi connectivity index (χ3n) is 3.76. The van der Waals surface area contributed by atoms with Crippen molar-refractivity contribution in [3.63, 3.8) is 0 Å². The topological polar surface area (TPSA) is 65.4 Å². The van der Waals surface area contributed by atoms with Gasteiger partial charge in [-0.05, 0) is 54.4 Å². The van der Waals surface area contributed by atoms with Crippen molar-refractivity contribution in [3.8, 4) is 11.5 Å². The van der Waals surface area contributed by atoms with Gasteiger partial charge in [0.15, 0.2) is 11.5 Å². The van der Waals surface area contributed by atoms with E-state index in [1.165, 1.54) is 4.68 Å². The number of halogens is 3. The quantitative estimate of drug-likeness (QED) is 0.633. The zero-order valence-electron chi connectivity index (χ0n) is 15.4. The number of carbonyl (C=O) groups excluding carboxylic acids is 1. The number of ether oxygens (including phenoxy) is 2. The summed E-state index contributed by atoms with van der Waals surface area (Å²) in [5.41, 5.74) is 0.940. The molecule has 0 unspecified atom stereocenters. The highest BCUT2D eigenvalue weighted by Crippen LogP contribution is 2.29. The Morgan fingerprint density at radius 1 is 1.26 bits per heavy atom. The highest BCUT2D eigenvalue weighted by molar-refractivity contribution is 9.10. The molecule has 0 atom stereocenters. The number of nitrogens with zero attached hydrogens (tertiary/aromatic N) is 2. The molecule has 1 heterocycles. The smallest absolute Gasteiger partial charge is 0.283 e. The van der Waals surface area contributed by atoms with E-state index in [4.69, 9.17) is 9.47 Å². The molecule has 6 nitrogen and oxygen atoms in total. The van der Waals surface area contributed by atoms with Crippen molar-refractivity contribution in [3.05, 3.63) is 39.6 Å². The van der Waals surface area contributed by atoms with Crippen LogP contribution in [0.4, 0.5) is 8.78 Å². The maximum absolute atomic E-state index is 12.9. The van der Waals surface area contributed by atoms with Gasteiger partial charge in [0, 0.05) is 6.54 Å². The van der Waals surface area contributed by atoms with Crippen molar-refractivity contribution in [2.24, 2.45) is 0 Å². The van der Waals surface area contributed by atoms with E-state index in [2.05, 4.69) is 26.3 Å². The fourth-order valence-electron chi connectivity index (χ4n) is 2.44. The van der Waals surface area contributed by atoms with Crippen LogP contribution in [-0.2, 0) is 17.9 Å². The van der Waals surface area contributed by atoms with E-state index >= 15 is 0 Å². The monoisotopic (exact) mass is 445 g/mol. The fraction of sp³-hybridized carbons (Fsp3) is 0.444. The van der Waals surface area contributed by atoms with Gasteiger partial charge in [0.1, 0.15) is 12.2 Å². The first kappa shape index (κ1) is 21.1. The summed E-state index contributed by atoms with van der Waals surface area (Å²) in [6, 6.07) is 5.43. The molecule has 1 amide bonds. The number of alkyl halides is 2. The summed E-state index contributed by atoms with van der Waals surface area (Å²) in [5.74, 6) is 0.922. The summed E-state index contributed by atoms with van der Waals surface area (Å²) >= 11 is 3.09. The summed E-state index contributed by atoms with van der Waals surface area (Å²) < 4.78 is 38.3. The molecule has 0 radical (unpaired) electrons. The molecule has 0 saturated heterocycles. The van der Waals surface area contributed by atoms with Crippen LogP contribution >= 0.6 is 15.9 Å². The minimum Gasteiger partial charge on any atom is -0.490 e. The number of rotatable bonds is 9.